The maximum absolute atomic E-state index is 13.1. The second kappa shape index (κ2) is 5.92. The minimum atomic E-state index is -0.584. The molecule has 0 spiro atoms. The molecule has 1 aromatic carbocycles. The summed E-state index contributed by atoms with van der Waals surface area (Å²) in [7, 11) is 3.20. The maximum Gasteiger partial charge on any atom is 0.326 e. The second-order valence-corrected chi connectivity index (χ2v) is 6.14. The Morgan fingerprint density at radius 2 is 2.37 bits per heavy atom. The number of nitrogens with one attached hydrogen (secondary N) is 1. The Morgan fingerprint density at radius 1 is 1.58 bits per heavy atom. The minimum Gasteiger partial charge on any atom is -0.468 e. The molecule has 5 heteroatoms. The van der Waals surface area contributed by atoms with Crippen molar-refractivity contribution in [3.63, 3.8) is 0 Å². The fraction of sp³-hybridized carbons (Fsp3) is 0.500. The average Bonchev–Trinajstić information content (AvgIpc) is 2.82. The quantitative estimate of drug-likeness (QED) is 0.862. The number of hydrogen-bond acceptors (Lipinski definition) is 4. The smallest absolute Gasteiger partial charge is 0.326 e. The summed E-state index contributed by atoms with van der Waals surface area (Å²) in [6, 6.07) is 6.57. The first-order valence-electron chi connectivity index (χ1n) is 6.29. The molecule has 0 saturated heterocycles. The summed E-state index contributed by atoms with van der Waals surface area (Å²) in [5.74, 6) is -0.437. The topological polar surface area (TPSA) is 38.3 Å². The number of ether oxygens (including phenoxy) is 1. The summed E-state index contributed by atoms with van der Waals surface area (Å²) in [4.78, 5) is 12.8. The molecule has 1 aliphatic rings. The van der Waals surface area contributed by atoms with Gasteiger partial charge in [0.2, 0.25) is 0 Å². The van der Waals surface area contributed by atoms with Crippen LogP contribution in [0.4, 0.5) is 4.39 Å². The monoisotopic (exact) mass is 283 g/mol. The van der Waals surface area contributed by atoms with E-state index in [0.717, 1.165) is 17.7 Å². The normalized spacial score (nSPS) is 26.4. The van der Waals surface area contributed by atoms with E-state index in [0.29, 0.717) is 11.7 Å². The Labute approximate surface area is 116 Å². The van der Waals surface area contributed by atoms with Gasteiger partial charge in [0, 0.05) is 10.1 Å². The summed E-state index contributed by atoms with van der Waals surface area (Å²) in [5.41, 5.74) is -0.584. The van der Waals surface area contributed by atoms with E-state index in [1.165, 1.54) is 19.2 Å². The van der Waals surface area contributed by atoms with E-state index < -0.39 is 5.54 Å². The van der Waals surface area contributed by atoms with Crippen molar-refractivity contribution in [3.05, 3.63) is 30.1 Å². The number of rotatable bonds is 4. The highest BCUT2D eigenvalue weighted by Crippen LogP contribution is 2.40. The molecule has 0 amide bonds. The molecular formula is C14H18FNO2S. The molecule has 1 fully saturated rings. The molecule has 2 atom stereocenters. The Hall–Kier alpha value is -1.07. The molecule has 0 aromatic heterocycles. The Bertz CT molecular complexity index is 469. The summed E-state index contributed by atoms with van der Waals surface area (Å²) >= 11 is 1.62. The van der Waals surface area contributed by atoms with Crippen LogP contribution in [0.3, 0.4) is 0 Å². The zero-order chi connectivity index (χ0) is 13.9. The van der Waals surface area contributed by atoms with Crippen molar-refractivity contribution in [2.45, 2.75) is 34.9 Å². The third kappa shape index (κ3) is 3.09. The highest BCUT2D eigenvalue weighted by Gasteiger charge is 2.45. The first kappa shape index (κ1) is 14.3. The number of benzene rings is 1. The fourth-order valence-corrected chi connectivity index (χ4v) is 3.87. The Kier molecular flexibility index (Phi) is 4.47. The summed E-state index contributed by atoms with van der Waals surface area (Å²) < 4.78 is 18.0. The largest absolute Gasteiger partial charge is 0.468 e. The molecule has 1 aromatic rings. The van der Waals surface area contributed by atoms with Crippen LogP contribution >= 0.6 is 11.8 Å². The SMILES string of the molecule is CNC1(C(=O)OC)CCC(Sc2cccc(F)c2)C1. The standard InChI is InChI=1S/C14H18FNO2S/c1-16-14(13(17)18-2)7-6-12(9-14)19-11-5-3-4-10(15)8-11/h3-5,8,12,16H,6-7,9H2,1-2H3. The first-order chi connectivity index (χ1) is 9.09. The van der Waals surface area contributed by atoms with E-state index in [4.69, 9.17) is 4.74 Å². The van der Waals surface area contributed by atoms with Gasteiger partial charge in [0.05, 0.1) is 7.11 Å². The molecule has 1 N–H and O–H groups in total. The van der Waals surface area contributed by atoms with Crippen molar-refractivity contribution in [1.82, 2.24) is 5.32 Å². The summed E-state index contributed by atoms with van der Waals surface area (Å²) in [5, 5.41) is 3.39. The average molecular weight is 283 g/mol. The van der Waals surface area contributed by atoms with Crippen LogP contribution in [0.1, 0.15) is 19.3 Å². The molecule has 104 valence electrons. The van der Waals surface area contributed by atoms with Gasteiger partial charge >= 0.3 is 5.97 Å². The van der Waals surface area contributed by atoms with Crippen molar-refractivity contribution in [2.24, 2.45) is 0 Å². The zero-order valence-corrected chi connectivity index (χ0v) is 11.9. The van der Waals surface area contributed by atoms with Gasteiger partial charge in [0.1, 0.15) is 11.4 Å². The number of methoxy groups -OCH3 is 1. The fourth-order valence-electron chi connectivity index (χ4n) is 2.54. The van der Waals surface area contributed by atoms with E-state index >= 15 is 0 Å². The van der Waals surface area contributed by atoms with Gasteiger partial charge in [0.25, 0.3) is 0 Å². The number of esters is 1. The summed E-state index contributed by atoms with van der Waals surface area (Å²) in [6.45, 7) is 0. The van der Waals surface area contributed by atoms with Crippen molar-refractivity contribution in [2.75, 3.05) is 14.2 Å². The molecule has 2 rings (SSSR count). The number of thioether (sulfide) groups is 1. The third-order valence-corrected chi connectivity index (χ3v) is 4.88. The predicted molar refractivity (Wildman–Crippen MR) is 73.7 cm³/mol. The van der Waals surface area contributed by atoms with Crippen LogP contribution in [0, 0.1) is 5.82 Å². The van der Waals surface area contributed by atoms with Gasteiger partial charge in [-0.3, -0.25) is 4.79 Å². The lowest BCUT2D eigenvalue weighted by Gasteiger charge is -2.25. The van der Waals surface area contributed by atoms with Gasteiger partial charge < -0.3 is 10.1 Å². The van der Waals surface area contributed by atoms with Crippen molar-refractivity contribution in [3.8, 4) is 0 Å². The molecule has 1 saturated carbocycles. The second-order valence-electron chi connectivity index (χ2n) is 4.76. The van der Waals surface area contributed by atoms with Crippen molar-refractivity contribution < 1.29 is 13.9 Å². The van der Waals surface area contributed by atoms with E-state index in [2.05, 4.69) is 5.32 Å². The van der Waals surface area contributed by atoms with Gasteiger partial charge in [-0.25, -0.2) is 4.39 Å². The highest BCUT2D eigenvalue weighted by atomic mass is 32.2. The van der Waals surface area contributed by atoms with Crippen LogP contribution in [-0.2, 0) is 9.53 Å². The van der Waals surface area contributed by atoms with Crippen LogP contribution in [0.2, 0.25) is 0 Å². The Balaban J connectivity index is 2.04. The summed E-state index contributed by atoms with van der Waals surface area (Å²) in [6.07, 6.45) is 2.37. The number of carbonyl (C=O) groups excluding carboxylic acids is 1. The number of likely N-dealkylation sites (N-methyl/N-ethyl adjacent to an activating group) is 1. The molecule has 1 aliphatic carbocycles. The first-order valence-corrected chi connectivity index (χ1v) is 7.17. The minimum absolute atomic E-state index is 0.211. The predicted octanol–water partition coefficient (Wildman–Crippen LogP) is 2.60. The van der Waals surface area contributed by atoms with Crippen LogP contribution < -0.4 is 5.32 Å². The van der Waals surface area contributed by atoms with Gasteiger partial charge in [-0.05, 0) is 44.5 Å². The zero-order valence-electron chi connectivity index (χ0n) is 11.1. The third-order valence-electron chi connectivity index (χ3n) is 3.62. The molecule has 3 nitrogen and oxygen atoms in total. The molecule has 0 heterocycles. The molecule has 0 radical (unpaired) electrons. The number of hydrogen-bond donors (Lipinski definition) is 1. The number of carbonyl (C=O) groups is 1. The lowest BCUT2D eigenvalue weighted by atomic mass is 9.98. The van der Waals surface area contributed by atoms with Crippen molar-refractivity contribution >= 4 is 17.7 Å². The number of halogens is 1. The van der Waals surface area contributed by atoms with E-state index in [1.807, 2.05) is 6.07 Å². The van der Waals surface area contributed by atoms with Gasteiger partial charge in [-0.2, -0.15) is 0 Å². The van der Waals surface area contributed by atoms with Crippen LogP contribution in [0.25, 0.3) is 0 Å². The van der Waals surface area contributed by atoms with Gasteiger partial charge in [-0.15, -0.1) is 11.8 Å². The van der Waals surface area contributed by atoms with Crippen molar-refractivity contribution in [1.29, 1.82) is 0 Å². The van der Waals surface area contributed by atoms with E-state index in [9.17, 15) is 9.18 Å². The molecule has 0 aliphatic heterocycles. The van der Waals surface area contributed by atoms with E-state index in [1.54, 1.807) is 24.9 Å². The lowest BCUT2D eigenvalue weighted by Crippen LogP contribution is -2.49. The highest BCUT2D eigenvalue weighted by molar-refractivity contribution is 8.00. The van der Waals surface area contributed by atoms with Gasteiger partial charge in [-0.1, -0.05) is 6.07 Å². The molecular weight excluding hydrogens is 265 g/mol. The van der Waals surface area contributed by atoms with Crippen LogP contribution in [0.15, 0.2) is 29.2 Å². The lowest BCUT2D eigenvalue weighted by molar-refractivity contribution is -0.148. The van der Waals surface area contributed by atoms with Crippen LogP contribution in [-0.4, -0.2) is 30.9 Å². The Morgan fingerprint density at radius 3 is 3.00 bits per heavy atom. The molecule has 19 heavy (non-hydrogen) atoms. The van der Waals surface area contributed by atoms with E-state index in [-0.39, 0.29) is 11.8 Å². The molecule has 0 bridgehead atoms. The van der Waals surface area contributed by atoms with Crippen LogP contribution in [0.5, 0.6) is 0 Å². The van der Waals surface area contributed by atoms with Gasteiger partial charge in [0.15, 0.2) is 0 Å². The molecule has 2 unspecified atom stereocenters. The maximum atomic E-state index is 13.1.